The topological polar surface area (TPSA) is 55.4 Å². The molecule has 0 aliphatic heterocycles. The van der Waals surface area contributed by atoms with E-state index in [4.69, 9.17) is 4.74 Å². The first-order chi connectivity index (χ1) is 8.46. The Labute approximate surface area is 112 Å². The molecule has 1 N–H and O–H groups in total. The van der Waals surface area contributed by atoms with E-state index in [2.05, 4.69) is 4.72 Å². The van der Waals surface area contributed by atoms with Crippen LogP contribution in [0.25, 0.3) is 6.08 Å². The summed E-state index contributed by atoms with van der Waals surface area (Å²) < 4.78 is 31.4. The van der Waals surface area contributed by atoms with Crippen LogP contribution in [0.3, 0.4) is 0 Å². The van der Waals surface area contributed by atoms with Gasteiger partial charge in [-0.15, -0.1) is 11.8 Å². The van der Waals surface area contributed by atoms with Gasteiger partial charge in [0.1, 0.15) is 9.99 Å². The van der Waals surface area contributed by atoms with E-state index >= 15 is 0 Å². The Hall–Kier alpha value is -0.980. The number of aryl methyl sites for hydroxylation is 1. The second-order valence-corrected chi connectivity index (χ2v) is 6.53. The largest absolute Gasteiger partial charge is 0.496 e. The van der Waals surface area contributed by atoms with Gasteiger partial charge in [-0.25, -0.2) is 13.1 Å². The van der Waals surface area contributed by atoms with Crippen LogP contribution >= 0.6 is 11.8 Å². The van der Waals surface area contributed by atoms with Gasteiger partial charge in [-0.3, -0.25) is 0 Å². The van der Waals surface area contributed by atoms with Crippen molar-refractivity contribution in [2.45, 2.75) is 6.92 Å². The Morgan fingerprint density at radius 3 is 2.61 bits per heavy atom. The molecule has 1 aromatic carbocycles. The quantitative estimate of drug-likeness (QED) is 0.902. The van der Waals surface area contributed by atoms with Gasteiger partial charge in [-0.2, -0.15) is 0 Å². The summed E-state index contributed by atoms with van der Waals surface area (Å²) in [4.78, 5) is 0. The number of methoxy groups -OCH3 is 1. The lowest BCUT2D eigenvalue weighted by Gasteiger charge is -2.10. The van der Waals surface area contributed by atoms with Crippen molar-refractivity contribution in [1.29, 1.82) is 0 Å². The van der Waals surface area contributed by atoms with Crippen LogP contribution in [-0.2, 0) is 10.0 Å². The Kier molecular flexibility index (Phi) is 5.25. The Morgan fingerprint density at radius 2 is 2.11 bits per heavy atom. The van der Waals surface area contributed by atoms with Crippen molar-refractivity contribution in [2.75, 3.05) is 20.4 Å². The molecule has 0 radical (unpaired) electrons. The minimum atomic E-state index is -3.43. The zero-order chi connectivity index (χ0) is 13.8. The first-order valence-electron chi connectivity index (χ1n) is 5.29. The monoisotopic (exact) mass is 287 g/mol. The summed E-state index contributed by atoms with van der Waals surface area (Å²) in [5, 5.41) is 0. The highest BCUT2D eigenvalue weighted by Crippen LogP contribution is 2.29. The SMILES string of the molecule is CNS(=O)(=O)/C(=C\c1cccc(C)c1OC)SC. The van der Waals surface area contributed by atoms with Crippen molar-refractivity contribution < 1.29 is 13.2 Å². The molecule has 100 valence electrons. The van der Waals surface area contributed by atoms with Gasteiger partial charge in [0, 0.05) is 5.56 Å². The average Bonchev–Trinajstić information content (AvgIpc) is 2.35. The highest BCUT2D eigenvalue weighted by atomic mass is 32.3. The Bertz CT molecular complexity index is 550. The van der Waals surface area contributed by atoms with E-state index in [1.807, 2.05) is 25.1 Å². The summed E-state index contributed by atoms with van der Waals surface area (Å²) in [5.74, 6) is 0.690. The molecule has 0 fully saturated rings. The van der Waals surface area contributed by atoms with E-state index in [1.54, 1.807) is 19.4 Å². The summed E-state index contributed by atoms with van der Waals surface area (Å²) in [7, 11) is -0.458. The molecular weight excluding hydrogens is 270 g/mol. The van der Waals surface area contributed by atoms with Crippen LogP contribution in [0.5, 0.6) is 5.75 Å². The summed E-state index contributed by atoms with van der Waals surface area (Å²) in [5.41, 5.74) is 1.72. The summed E-state index contributed by atoms with van der Waals surface area (Å²) in [6, 6.07) is 5.61. The number of benzene rings is 1. The molecule has 0 amide bonds. The van der Waals surface area contributed by atoms with E-state index in [1.165, 1.54) is 18.8 Å². The van der Waals surface area contributed by atoms with Crippen LogP contribution in [0.2, 0.25) is 0 Å². The van der Waals surface area contributed by atoms with Crippen LogP contribution in [0.4, 0.5) is 0 Å². The summed E-state index contributed by atoms with van der Waals surface area (Å²) >= 11 is 1.18. The number of para-hydroxylation sites is 1. The van der Waals surface area contributed by atoms with E-state index < -0.39 is 10.0 Å². The number of nitrogens with one attached hydrogen (secondary N) is 1. The van der Waals surface area contributed by atoms with Crippen LogP contribution in [0, 0.1) is 6.92 Å². The molecule has 6 heteroatoms. The van der Waals surface area contributed by atoms with Gasteiger partial charge in [-0.1, -0.05) is 18.2 Å². The molecule has 18 heavy (non-hydrogen) atoms. The molecule has 0 spiro atoms. The summed E-state index contributed by atoms with van der Waals surface area (Å²) in [6.45, 7) is 1.92. The van der Waals surface area contributed by atoms with E-state index in [0.29, 0.717) is 5.75 Å². The molecule has 4 nitrogen and oxygen atoms in total. The molecule has 1 rings (SSSR count). The minimum Gasteiger partial charge on any atom is -0.496 e. The number of thioether (sulfide) groups is 1. The predicted molar refractivity (Wildman–Crippen MR) is 77.2 cm³/mol. The Morgan fingerprint density at radius 1 is 1.44 bits per heavy atom. The molecule has 0 saturated carbocycles. The first kappa shape index (κ1) is 15.1. The van der Waals surface area contributed by atoms with Crippen molar-refractivity contribution in [1.82, 2.24) is 4.72 Å². The fraction of sp³-hybridized carbons (Fsp3) is 0.333. The maximum Gasteiger partial charge on any atom is 0.246 e. The number of hydrogen-bond acceptors (Lipinski definition) is 4. The highest BCUT2D eigenvalue weighted by molar-refractivity contribution is 8.17. The van der Waals surface area contributed by atoms with Gasteiger partial charge >= 0.3 is 0 Å². The van der Waals surface area contributed by atoms with Crippen molar-refractivity contribution in [2.24, 2.45) is 0 Å². The number of hydrogen-bond donors (Lipinski definition) is 1. The van der Waals surface area contributed by atoms with Gasteiger partial charge in [0.25, 0.3) is 0 Å². The first-order valence-corrected chi connectivity index (χ1v) is 8.00. The van der Waals surface area contributed by atoms with Gasteiger partial charge in [0.15, 0.2) is 0 Å². The highest BCUT2D eigenvalue weighted by Gasteiger charge is 2.15. The van der Waals surface area contributed by atoms with Crippen molar-refractivity contribution in [3.63, 3.8) is 0 Å². The van der Waals surface area contributed by atoms with Crippen molar-refractivity contribution in [3.8, 4) is 5.75 Å². The molecule has 0 bridgehead atoms. The maximum absolute atomic E-state index is 11.8. The van der Waals surface area contributed by atoms with E-state index in [9.17, 15) is 8.42 Å². The number of ether oxygens (including phenoxy) is 1. The second kappa shape index (κ2) is 6.26. The van der Waals surface area contributed by atoms with Crippen LogP contribution in [0.15, 0.2) is 22.4 Å². The maximum atomic E-state index is 11.8. The normalized spacial score (nSPS) is 12.6. The predicted octanol–water partition coefficient (Wildman–Crippen LogP) is 2.21. The zero-order valence-electron chi connectivity index (χ0n) is 10.9. The molecule has 0 unspecified atom stereocenters. The fourth-order valence-electron chi connectivity index (χ4n) is 1.54. The van der Waals surface area contributed by atoms with Crippen LogP contribution in [0.1, 0.15) is 11.1 Å². The zero-order valence-corrected chi connectivity index (χ0v) is 12.5. The number of rotatable bonds is 5. The summed E-state index contributed by atoms with van der Waals surface area (Å²) in [6.07, 6.45) is 3.34. The lowest BCUT2D eigenvalue weighted by molar-refractivity contribution is 0.411. The van der Waals surface area contributed by atoms with Gasteiger partial charge < -0.3 is 4.74 Å². The molecule has 0 heterocycles. The molecule has 0 aliphatic carbocycles. The third kappa shape index (κ3) is 3.28. The molecule has 0 atom stereocenters. The molecule has 0 aromatic heterocycles. The molecule has 1 aromatic rings. The minimum absolute atomic E-state index is 0.258. The van der Waals surface area contributed by atoms with Gasteiger partial charge in [0.05, 0.1) is 7.11 Å². The fourth-order valence-corrected chi connectivity index (χ4v) is 3.40. The molecule has 0 aliphatic rings. The standard InChI is InChI=1S/C12H17NO3S2/c1-9-6-5-7-10(12(9)16-3)8-11(17-4)18(14,15)13-2/h5-8,13H,1-4H3/b11-8-. The van der Waals surface area contributed by atoms with Gasteiger partial charge in [0.2, 0.25) is 10.0 Å². The van der Waals surface area contributed by atoms with Crippen LogP contribution < -0.4 is 9.46 Å². The Balaban J connectivity index is 3.35. The third-order valence-electron chi connectivity index (χ3n) is 2.45. The third-order valence-corrected chi connectivity index (χ3v) is 5.32. The van der Waals surface area contributed by atoms with Crippen LogP contribution in [-0.4, -0.2) is 28.8 Å². The van der Waals surface area contributed by atoms with E-state index in [0.717, 1.165) is 11.1 Å². The van der Waals surface area contributed by atoms with E-state index in [-0.39, 0.29) is 4.24 Å². The van der Waals surface area contributed by atoms with Gasteiger partial charge in [-0.05, 0) is 31.9 Å². The average molecular weight is 287 g/mol. The van der Waals surface area contributed by atoms with Crippen molar-refractivity contribution in [3.05, 3.63) is 33.6 Å². The number of sulfonamides is 1. The lowest BCUT2D eigenvalue weighted by Crippen LogP contribution is -2.18. The second-order valence-electron chi connectivity index (χ2n) is 3.57. The molecule has 0 saturated heterocycles. The smallest absolute Gasteiger partial charge is 0.246 e. The molecular formula is C12H17NO3S2. The van der Waals surface area contributed by atoms with Crippen molar-refractivity contribution >= 4 is 27.9 Å². The lowest BCUT2D eigenvalue weighted by atomic mass is 10.1.